The maximum atomic E-state index is 12.7. The van der Waals surface area contributed by atoms with Crippen LogP contribution in [0.5, 0.6) is 0 Å². The van der Waals surface area contributed by atoms with Gasteiger partial charge >= 0.3 is 0 Å². The minimum Gasteiger partial charge on any atom is -0.295 e. The number of ketones is 1. The highest BCUT2D eigenvalue weighted by molar-refractivity contribution is 7.88. The molecule has 0 saturated heterocycles. The fourth-order valence-electron chi connectivity index (χ4n) is 6.66. The third-order valence-electron chi connectivity index (χ3n) is 8.44. The van der Waals surface area contributed by atoms with E-state index in [-0.39, 0.29) is 10.8 Å². The van der Waals surface area contributed by atoms with Crippen LogP contribution < -0.4 is 0 Å². The van der Waals surface area contributed by atoms with Crippen LogP contribution in [0, 0.1) is 22.7 Å². The lowest BCUT2D eigenvalue weighted by molar-refractivity contribution is -0.115. The van der Waals surface area contributed by atoms with E-state index in [0.717, 1.165) is 37.0 Å². The van der Waals surface area contributed by atoms with Crippen molar-refractivity contribution in [2.45, 2.75) is 63.7 Å². The molecule has 0 N–H and O–H groups in total. The van der Waals surface area contributed by atoms with Gasteiger partial charge in [-0.25, -0.2) is 4.21 Å². The SMILES string of the molecule is C[C@]12CCC(=O)C=C1CCC1C2=CC[C@]2(C)C(=C=CS(=O)c3ccccc3)CCC12. The number of benzene rings is 1. The van der Waals surface area contributed by atoms with Crippen LogP contribution in [0.25, 0.3) is 0 Å². The Hall–Kier alpha value is -1.96. The van der Waals surface area contributed by atoms with Gasteiger partial charge in [0.2, 0.25) is 0 Å². The molecular formula is C27H30O2S. The van der Waals surface area contributed by atoms with Crippen LogP contribution in [0.4, 0.5) is 0 Å². The lowest BCUT2D eigenvalue weighted by atomic mass is 9.52. The molecule has 0 heterocycles. The lowest BCUT2D eigenvalue weighted by Crippen LogP contribution is -2.43. The van der Waals surface area contributed by atoms with Crippen LogP contribution in [0.1, 0.15) is 58.8 Å². The van der Waals surface area contributed by atoms with Crippen molar-refractivity contribution in [1.82, 2.24) is 0 Å². The highest BCUT2D eigenvalue weighted by Gasteiger charge is 2.54. The highest BCUT2D eigenvalue weighted by atomic mass is 32.2. The first kappa shape index (κ1) is 20.0. The molecule has 1 aromatic carbocycles. The van der Waals surface area contributed by atoms with Crippen LogP contribution in [-0.4, -0.2) is 9.99 Å². The molecule has 2 saturated carbocycles. The monoisotopic (exact) mass is 418 g/mol. The molecule has 0 bridgehead atoms. The molecule has 0 aliphatic heterocycles. The molecule has 0 spiro atoms. The molecule has 30 heavy (non-hydrogen) atoms. The maximum absolute atomic E-state index is 12.7. The smallest absolute Gasteiger partial charge is 0.155 e. The van der Waals surface area contributed by atoms with Gasteiger partial charge in [-0.3, -0.25) is 4.79 Å². The summed E-state index contributed by atoms with van der Waals surface area (Å²) in [5.74, 6) is 1.55. The van der Waals surface area contributed by atoms with Crippen molar-refractivity contribution in [2.24, 2.45) is 22.7 Å². The van der Waals surface area contributed by atoms with E-state index in [1.165, 1.54) is 17.6 Å². The van der Waals surface area contributed by atoms with Gasteiger partial charge in [0.05, 0.1) is 10.8 Å². The predicted molar refractivity (Wildman–Crippen MR) is 121 cm³/mol. The van der Waals surface area contributed by atoms with Gasteiger partial charge in [0, 0.05) is 27.6 Å². The van der Waals surface area contributed by atoms with Crippen molar-refractivity contribution in [1.29, 1.82) is 0 Å². The summed E-state index contributed by atoms with van der Waals surface area (Å²) in [6.07, 6.45) is 11.6. The second kappa shape index (κ2) is 7.32. The Kier molecular flexibility index (Phi) is 4.87. The Morgan fingerprint density at radius 2 is 1.90 bits per heavy atom. The Morgan fingerprint density at radius 1 is 1.10 bits per heavy atom. The molecule has 0 amide bonds. The minimum atomic E-state index is -1.15. The van der Waals surface area contributed by atoms with Gasteiger partial charge in [-0.2, -0.15) is 0 Å². The van der Waals surface area contributed by atoms with E-state index in [4.69, 9.17) is 0 Å². The molecule has 3 heteroatoms. The second-order valence-electron chi connectivity index (χ2n) is 9.89. The van der Waals surface area contributed by atoms with Gasteiger partial charge < -0.3 is 0 Å². The first-order valence-electron chi connectivity index (χ1n) is 11.3. The topological polar surface area (TPSA) is 34.1 Å². The quantitative estimate of drug-likeness (QED) is 0.418. The average molecular weight is 419 g/mol. The zero-order valence-electron chi connectivity index (χ0n) is 17.9. The molecule has 0 radical (unpaired) electrons. The first-order valence-corrected chi connectivity index (χ1v) is 12.5. The summed E-state index contributed by atoms with van der Waals surface area (Å²) in [7, 11) is -1.15. The molecule has 0 aromatic heterocycles. The fraction of sp³-hybridized carbons (Fsp3) is 0.481. The molecule has 5 rings (SSSR count). The summed E-state index contributed by atoms with van der Waals surface area (Å²) in [5.41, 5.74) is 8.03. The Bertz CT molecular complexity index is 1040. The average Bonchev–Trinajstić information content (AvgIpc) is 3.09. The van der Waals surface area contributed by atoms with E-state index in [9.17, 15) is 9.00 Å². The van der Waals surface area contributed by atoms with Gasteiger partial charge in [0.1, 0.15) is 0 Å². The molecule has 4 aliphatic carbocycles. The van der Waals surface area contributed by atoms with E-state index in [1.54, 1.807) is 11.0 Å². The summed E-state index contributed by atoms with van der Waals surface area (Å²) in [6.45, 7) is 4.78. The number of allylic oxidation sites excluding steroid dienone is 5. The number of fused-ring (bicyclic) bond motifs is 5. The number of carbonyl (C=O) groups is 1. The van der Waals surface area contributed by atoms with Gasteiger partial charge in [-0.05, 0) is 74.1 Å². The molecule has 1 aromatic rings. The van der Waals surface area contributed by atoms with Crippen molar-refractivity contribution in [3.8, 4) is 0 Å². The zero-order valence-corrected chi connectivity index (χ0v) is 18.8. The number of carbonyl (C=O) groups excluding carboxylic acids is 1. The summed E-state index contributed by atoms with van der Waals surface area (Å²) >= 11 is 0. The summed E-state index contributed by atoms with van der Waals surface area (Å²) in [6, 6.07) is 9.64. The third-order valence-corrected chi connectivity index (χ3v) is 9.51. The van der Waals surface area contributed by atoms with Crippen molar-refractivity contribution >= 4 is 16.6 Å². The van der Waals surface area contributed by atoms with Gasteiger partial charge in [0.25, 0.3) is 0 Å². The standard InChI is InChI=1S/C27H30O2S/c1-26-16-13-25-23(10-8-20-18-21(28)12-15-27(20,25)2)24(26)11-9-19(26)14-17-30(29)22-6-4-3-5-7-22/h3-7,13,17-18,23-24H,8-12,15-16H2,1-2H3/t14?,23?,24?,26-,27+,30?/m1/s1. The van der Waals surface area contributed by atoms with E-state index in [1.807, 2.05) is 36.4 Å². The maximum Gasteiger partial charge on any atom is 0.155 e. The number of hydrogen-bond acceptors (Lipinski definition) is 2. The minimum absolute atomic E-state index is 0.0925. The van der Waals surface area contributed by atoms with E-state index >= 15 is 0 Å². The molecule has 2 fully saturated rings. The molecule has 156 valence electrons. The van der Waals surface area contributed by atoms with Crippen molar-refractivity contribution < 1.29 is 9.00 Å². The number of hydrogen-bond donors (Lipinski definition) is 0. The summed E-state index contributed by atoms with van der Waals surface area (Å²) in [5, 5.41) is 1.77. The lowest BCUT2D eigenvalue weighted by Gasteiger charge is -2.52. The van der Waals surface area contributed by atoms with Gasteiger partial charge in [0.15, 0.2) is 5.78 Å². The second-order valence-corrected chi connectivity index (χ2v) is 11.2. The van der Waals surface area contributed by atoms with Crippen molar-refractivity contribution in [3.05, 3.63) is 70.3 Å². The summed E-state index contributed by atoms with van der Waals surface area (Å²) in [4.78, 5) is 12.8. The molecule has 3 unspecified atom stereocenters. The van der Waals surface area contributed by atoms with Crippen LogP contribution in [0.3, 0.4) is 0 Å². The van der Waals surface area contributed by atoms with E-state index < -0.39 is 10.8 Å². The third kappa shape index (κ3) is 3.06. The van der Waals surface area contributed by atoms with Gasteiger partial charge in [-0.1, -0.05) is 49.3 Å². The predicted octanol–water partition coefficient (Wildman–Crippen LogP) is 6.29. The van der Waals surface area contributed by atoms with Crippen LogP contribution in [0.2, 0.25) is 0 Å². The zero-order chi connectivity index (χ0) is 20.9. The molecule has 4 aliphatic rings. The first-order chi connectivity index (χ1) is 14.4. The van der Waals surface area contributed by atoms with Crippen LogP contribution >= 0.6 is 0 Å². The van der Waals surface area contributed by atoms with Gasteiger partial charge in [-0.15, -0.1) is 5.73 Å². The highest BCUT2D eigenvalue weighted by Crippen LogP contribution is 2.64. The Labute approximate surface area is 182 Å². The molecule has 5 atom stereocenters. The molecule has 2 nitrogen and oxygen atoms in total. The van der Waals surface area contributed by atoms with Crippen molar-refractivity contribution in [2.75, 3.05) is 0 Å². The Morgan fingerprint density at radius 3 is 2.70 bits per heavy atom. The molecular weight excluding hydrogens is 388 g/mol. The summed E-state index contributed by atoms with van der Waals surface area (Å²) < 4.78 is 12.7. The van der Waals surface area contributed by atoms with Crippen molar-refractivity contribution in [3.63, 3.8) is 0 Å². The van der Waals surface area contributed by atoms with Crippen LogP contribution in [-0.2, 0) is 15.6 Å². The largest absolute Gasteiger partial charge is 0.295 e. The van der Waals surface area contributed by atoms with E-state index in [2.05, 4.69) is 25.7 Å². The number of rotatable bonds is 2. The Balaban J connectivity index is 1.47. The van der Waals surface area contributed by atoms with E-state index in [0.29, 0.717) is 24.0 Å². The van der Waals surface area contributed by atoms with Crippen LogP contribution in [0.15, 0.2) is 75.2 Å². The normalized spacial score (nSPS) is 35.9. The fourth-order valence-corrected chi connectivity index (χ4v) is 7.47.